The third-order valence-electron chi connectivity index (χ3n) is 13.7. The topological polar surface area (TPSA) is 125 Å². The van der Waals surface area contributed by atoms with Crippen molar-refractivity contribution < 1.29 is 28.0 Å². The third-order valence-corrected chi connectivity index (χ3v) is 15.8. The zero-order valence-corrected chi connectivity index (χ0v) is 35.7. The van der Waals surface area contributed by atoms with Gasteiger partial charge >= 0.3 is 0 Å². The van der Waals surface area contributed by atoms with Crippen LogP contribution in [0, 0.1) is 23.7 Å². The van der Waals surface area contributed by atoms with Crippen molar-refractivity contribution in [1.29, 1.82) is 0 Å². The first-order valence-electron chi connectivity index (χ1n) is 20.8. The Morgan fingerprint density at radius 3 is 2.72 bits per heavy atom. The monoisotopic (exact) mass is 829 g/mol. The number of carbonyl (C=O) groups excluding carboxylic acids is 2. The summed E-state index contributed by atoms with van der Waals surface area (Å²) >= 11 is 6.54. The van der Waals surface area contributed by atoms with E-state index < -0.39 is 21.5 Å². The highest BCUT2D eigenvalue weighted by molar-refractivity contribution is 8.06. The van der Waals surface area contributed by atoms with Crippen molar-refractivity contribution in [3.8, 4) is 5.88 Å². The van der Waals surface area contributed by atoms with Crippen LogP contribution >= 0.6 is 11.6 Å². The van der Waals surface area contributed by atoms with Crippen molar-refractivity contribution in [1.82, 2.24) is 9.78 Å². The van der Waals surface area contributed by atoms with Crippen LogP contribution in [0.1, 0.15) is 95.7 Å². The molecule has 0 N–H and O–H groups in total. The second-order valence-corrected chi connectivity index (χ2v) is 20.0. The molecule has 0 radical (unpaired) electrons. The first-order valence-corrected chi connectivity index (χ1v) is 22.9. The minimum absolute atomic E-state index is 0.0195. The van der Waals surface area contributed by atoms with Crippen LogP contribution in [0.15, 0.2) is 64.6 Å². The standard InChI is InChI=1S/C45H56ClN5O6S/c1-6-8-35-20-33-22-40(55-4)36-14-12-32(36)23-51-26-45(17-7-9-30-19-34(46)13-15-38(30)45)18-16-29-10-11-31(21-39(29)51)42(52)49-58(54,25-28(2)41(33)57-35)27-47-43(53)37-24-50(3)48-44(37)56-5/h6,10-11,13,15,19,21,24,27-28,32-33,35-36,40-41H,1,7-9,12,14,16-18,20,22-23,25-26H2,2-5H3/b47-27-/t28-,32+,33-,35-,36-,40+,41-,45-,58?/m1/s1. The van der Waals surface area contributed by atoms with E-state index in [1.165, 1.54) is 34.7 Å². The molecular weight excluding hydrogens is 774 g/mol. The highest BCUT2D eigenvalue weighted by atomic mass is 35.5. The summed E-state index contributed by atoms with van der Waals surface area (Å²) in [5, 5.41) is 4.94. The number of anilines is 1. The summed E-state index contributed by atoms with van der Waals surface area (Å²) in [6, 6.07) is 12.3. The van der Waals surface area contributed by atoms with Crippen molar-refractivity contribution >= 4 is 44.4 Å². The summed E-state index contributed by atoms with van der Waals surface area (Å²) in [5.41, 5.74) is 6.45. The Labute approximate surface area is 347 Å². The van der Waals surface area contributed by atoms with Gasteiger partial charge in [-0.25, -0.2) is 9.20 Å². The Morgan fingerprint density at radius 1 is 1.12 bits per heavy atom. The van der Waals surface area contributed by atoms with E-state index in [0.717, 1.165) is 87.1 Å². The predicted octanol–water partition coefficient (Wildman–Crippen LogP) is 8.02. The molecule has 13 heteroatoms. The molecule has 8 rings (SSSR count). The molecule has 2 aliphatic carbocycles. The fraction of sp³-hybridized carbons (Fsp3) is 0.556. The van der Waals surface area contributed by atoms with Crippen molar-refractivity contribution in [3.05, 3.63) is 88.1 Å². The maximum absolute atomic E-state index is 15.1. The van der Waals surface area contributed by atoms with Gasteiger partial charge in [-0.05, 0) is 129 Å². The number of hydrogen-bond donors (Lipinski definition) is 0. The van der Waals surface area contributed by atoms with Gasteiger partial charge in [0.15, 0.2) is 0 Å². The number of amides is 2. The van der Waals surface area contributed by atoms with E-state index in [2.05, 4.69) is 44.1 Å². The molecule has 2 bridgehead atoms. The van der Waals surface area contributed by atoms with Crippen molar-refractivity contribution in [3.63, 3.8) is 0 Å². The number of carbonyl (C=O) groups is 2. The molecule has 58 heavy (non-hydrogen) atoms. The summed E-state index contributed by atoms with van der Waals surface area (Å²) in [6.45, 7) is 7.65. The summed E-state index contributed by atoms with van der Waals surface area (Å²) < 4.78 is 39.4. The molecule has 4 heterocycles. The van der Waals surface area contributed by atoms with Crippen LogP contribution in [-0.4, -0.2) is 82.7 Å². The summed E-state index contributed by atoms with van der Waals surface area (Å²) in [7, 11) is 1.39. The van der Waals surface area contributed by atoms with E-state index >= 15 is 4.21 Å². The van der Waals surface area contributed by atoms with Gasteiger partial charge in [0.2, 0.25) is 5.88 Å². The van der Waals surface area contributed by atoms with Crippen LogP contribution in [0.5, 0.6) is 5.88 Å². The lowest BCUT2D eigenvalue weighted by molar-refractivity contribution is -0.0439. The molecule has 3 aliphatic heterocycles. The minimum Gasteiger partial charge on any atom is -0.479 e. The molecule has 1 saturated carbocycles. The number of aromatic nitrogens is 2. The average Bonchev–Trinajstić information content (AvgIpc) is 3.74. The number of ether oxygens (including phenoxy) is 3. The number of nitrogens with zero attached hydrogens (tertiary/aromatic N) is 5. The maximum atomic E-state index is 15.1. The number of fused-ring (bicyclic) bond motifs is 5. The van der Waals surface area contributed by atoms with Crippen molar-refractivity contribution in [2.45, 2.75) is 94.9 Å². The fourth-order valence-electron chi connectivity index (χ4n) is 10.8. The van der Waals surface area contributed by atoms with E-state index in [0.29, 0.717) is 23.8 Å². The lowest BCUT2D eigenvalue weighted by atomic mass is 9.66. The number of aliphatic imine (C=N–C) groups is 1. The van der Waals surface area contributed by atoms with E-state index in [1.807, 2.05) is 38.3 Å². The molecule has 2 aromatic carbocycles. The molecule has 9 atom stereocenters. The van der Waals surface area contributed by atoms with E-state index in [9.17, 15) is 9.59 Å². The Morgan fingerprint density at radius 2 is 1.97 bits per heavy atom. The summed E-state index contributed by atoms with van der Waals surface area (Å²) in [6.07, 6.45) is 12.7. The first kappa shape index (κ1) is 40.9. The van der Waals surface area contributed by atoms with Gasteiger partial charge in [-0.2, -0.15) is 4.36 Å². The predicted molar refractivity (Wildman–Crippen MR) is 228 cm³/mol. The number of methoxy groups -OCH3 is 2. The van der Waals surface area contributed by atoms with Gasteiger partial charge in [-0.3, -0.25) is 14.3 Å². The molecule has 1 saturated heterocycles. The highest BCUT2D eigenvalue weighted by Gasteiger charge is 2.46. The zero-order valence-electron chi connectivity index (χ0n) is 34.1. The molecule has 310 valence electrons. The number of halogens is 1. The van der Waals surface area contributed by atoms with Gasteiger partial charge in [0, 0.05) is 60.9 Å². The van der Waals surface area contributed by atoms with Gasteiger partial charge < -0.3 is 19.1 Å². The van der Waals surface area contributed by atoms with Crippen molar-refractivity contribution in [2.24, 2.45) is 40.1 Å². The molecule has 2 amide bonds. The van der Waals surface area contributed by atoms with E-state index in [-0.39, 0.29) is 52.8 Å². The van der Waals surface area contributed by atoms with Crippen LogP contribution in [-0.2, 0) is 44.5 Å². The van der Waals surface area contributed by atoms with Crippen molar-refractivity contribution in [2.75, 3.05) is 38.0 Å². The van der Waals surface area contributed by atoms with Crippen LogP contribution in [0.25, 0.3) is 0 Å². The Balaban J connectivity index is 1.22. The fourth-order valence-corrected chi connectivity index (χ4v) is 12.8. The number of benzene rings is 2. The van der Waals surface area contributed by atoms with Gasteiger partial charge in [0.1, 0.15) is 11.1 Å². The molecule has 11 nitrogen and oxygen atoms in total. The Hall–Kier alpha value is -3.84. The maximum Gasteiger partial charge on any atom is 0.285 e. The molecule has 1 unspecified atom stereocenters. The second kappa shape index (κ2) is 16.7. The average molecular weight is 830 g/mol. The molecule has 1 spiro atoms. The van der Waals surface area contributed by atoms with Gasteiger partial charge in [-0.1, -0.05) is 36.7 Å². The third kappa shape index (κ3) is 8.06. The smallest absolute Gasteiger partial charge is 0.285 e. The first-order chi connectivity index (χ1) is 27.9. The Bertz CT molecular complexity index is 2230. The molecule has 1 aromatic heterocycles. The lowest BCUT2D eigenvalue weighted by Crippen LogP contribution is -2.49. The van der Waals surface area contributed by atoms with Crippen LogP contribution in [0.4, 0.5) is 5.69 Å². The zero-order chi connectivity index (χ0) is 40.8. The number of rotatable bonds is 6. The minimum atomic E-state index is -3.54. The number of hydrogen-bond acceptors (Lipinski definition) is 8. The van der Waals surface area contributed by atoms with Crippen LogP contribution < -0.4 is 9.64 Å². The van der Waals surface area contributed by atoms with E-state index in [1.54, 1.807) is 7.05 Å². The normalized spacial score (nSPS) is 32.4. The quantitative estimate of drug-likeness (QED) is 0.139. The van der Waals surface area contributed by atoms with Gasteiger partial charge in [0.05, 0.1) is 35.2 Å². The van der Waals surface area contributed by atoms with Crippen LogP contribution in [0.2, 0.25) is 5.02 Å². The SMILES string of the molecule is C=CC[C@@H]1C[C@@H]2C[C@H](OC)[C@@H]3CC[C@H]3CN3C[C@@]4(CCCc5cc(Cl)ccc54)CCc4ccc(cc43)C(=O)N=S(=O)(/C=N\C(=O)c3cn(C)nc3OC)C[C@@H](C)[C@H]2O1. The molecule has 3 aromatic rings. The lowest BCUT2D eigenvalue weighted by Gasteiger charge is -2.47. The molecule has 2 fully saturated rings. The van der Waals surface area contributed by atoms with Gasteiger partial charge in [0.25, 0.3) is 11.8 Å². The second-order valence-electron chi connectivity index (χ2n) is 17.4. The largest absolute Gasteiger partial charge is 0.479 e. The van der Waals surface area contributed by atoms with E-state index in [4.69, 9.17) is 25.8 Å². The summed E-state index contributed by atoms with van der Waals surface area (Å²) in [4.78, 5) is 34.5. The highest BCUT2D eigenvalue weighted by Crippen LogP contribution is 2.49. The van der Waals surface area contributed by atoms with Crippen LogP contribution in [0.3, 0.4) is 0 Å². The Kier molecular flexibility index (Phi) is 11.8. The molecule has 5 aliphatic rings. The number of aryl methyl sites for hydroxylation is 3. The molecular formula is C45H56ClN5O6S. The van der Waals surface area contributed by atoms with Gasteiger partial charge in [-0.15, -0.1) is 11.7 Å². The summed E-state index contributed by atoms with van der Waals surface area (Å²) in [5.74, 6) is -0.561.